The second kappa shape index (κ2) is 10.4. The van der Waals surface area contributed by atoms with Gasteiger partial charge in [0.1, 0.15) is 11.5 Å². The summed E-state index contributed by atoms with van der Waals surface area (Å²) in [5, 5.41) is 0. The molecule has 5 nitrogen and oxygen atoms in total. The van der Waals surface area contributed by atoms with E-state index in [-0.39, 0.29) is 12.0 Å². The third-order valence-corrected chi connectivity index (χ3v) is 8.16. The summed E-state index contributed by atoms with van der Waals surface area (Å²) < 4.78 is 11.2. The summed E-state index contributed by atoms with van der Waals surface area (Å²) in [6.45, 7) is 1.97. The molecule has 182 valence electrons. The maximum atomic E-state index is 13.9. The molecule has 2 aromatic carbocycles. The number of methoxy groups -OCH3 is 2. The van der Waals surface area contributed by atoms with Crippen molar-refractivity contribution in [2.24, 2.45) is 5.92 Å². The number of nitrogens with zero attached hydrogens (tertiary/aromatic N) is 2. The van der Waals surface area contributed by atoms with Crippen molar-refractivity contribution in [2.45, 2.75) is 69.9 Å². The van der Waals surface area contributed by atoms with Gasteiger partial charge in [0.15, 0.2) is 0 Å². The SMILES string of the molecule is COc1ccc(C2CCCN2CC2CCc3ccccc3N2C(=O)C2CCCCC2)c(OC)c1. The van der Waals surface area contributed by atoms with Gasteiger partial charge in [-0.1, -0.05) is 43.5 Å². The molecule has 2 aliphatic heterocycles. The fraction of sp³-hybridized carbons (Fsp3) is 0.552. The van der Waals surface area contributed by atoms with E-state index in [1.165, 1.54) is 36.8 Å². The van der Waals surface area contributed by atoms with Crippen molar-refractivity contribution in [2.75, 3.05) is 32.2 Å². The van der Waals surface area contributed by atoms with Gasteiger partial charge in [0.25, 0.3) is 0 Å². The van der Waals surface area contributed by atoms with Gasteiger partial charge in [-0.05, 0) is 62.8 Å². The molecule has 1 amide bonds. The van der Waals surface area contributed by atoms with Gasteiger partial charge in [0.05, 0.1) is 14.2 Å². The van der Waals surface area contributed by atoms with Crippen LogP contribution in [0.15, 0.2) is 42.5 Å². The molecule has 2 fully saturated rings. The molecule has 1 aliphatic carbocycles. The molecule has 5 heteroatoms. The zero-order valence-corrected chi connectivity index (χ0v) is 20.7. The zero-order chi connectivity index (χ0) is 23.5. The lowest BCUT2D eigenvalue weighted by Crippen LogP contribution is -2.51. The van der Waals surface area contributed by atoms with E-state index in [0.717, 1.165) is 62.4 Å². The van der Waals surface area contributed by atoms with Crippen molar-refractivity contribution in [3.63, 3.8) is 0 Å². The van der Waals surface area contributed by atoms with Crippen LogP contribution in [0.2, 0.25) is 0 Å². The monoisotopic (exact) mass is 462 g/mol. The predicted octanol–water partition coefficient (Wildman–Crippen LogP) is 5.77. The minimum atomic E-state index is 0.179. The van der Waals surface area contributed by atoms with Gasteiger partial charge in [0, 0.05) is 41.9 Å². The second-order valence-electron chi connectivity index (χ2n) is 10.1. The second-order valence-corrected chi connectivity index (χ2v) is 10.1. The van der Waals surface area contributed by atoms with Crippen molar-refractivity contribution in [3.05, 3.63) is 53.6 Å². The molecule has 3 aliphatic rings. The van der Waals surface area contributed by atoms with Crippen LogP contribution < -0.4 is 14.4 Å². The zero-order valence-electron chi connectivity index (χ0n) is 20.7. The van der Waals surface area contributed by atoms with Crippen LogP contribution in [-0.4, -0.2) is 44.2 Å². The number of hydrogen-bond donors (Lipinski definition) is 0. The number of aryl methyl sites for hydroxylation is 1. The molecule has 1 saturated carbocycles. The number of carbonyl (C=O) groups excluding carboxylic acids is 1. The fourth-order valence-corrected chi connectivity index (χ4v) is 6.38. The molecular formula is C29H38N2O3. The molecule has 5 rings (SSSR count). The van der Waals surface area contributed by atoms with Crippen LogP contribution in [0.1, 0.15) is 68.5 Å². The topological polar surface area (TPSA) is 42.0 Å². The lowest BCUT2D eigenvalue weighted by Gasteiger charge is -2.42. The van der Waals surface area contributed by atoms with Gasteiger partial charge in [-0.2, -0.15) is 0 Å². The quantitative estimate of drug-likeness (QED) is 0.547. The van der Waals surface area contributed by atoms with Crippen LogP contribution in [-0.2, 0) is 11.2 Å². The summed E-state index contributed by atoms with van der Waals surface area (Å²) in [6, 6.07) is 15.3. The molecule has 0 aromatic heterocycles. The standard InChI is InChI=1S/C29H38N2O3/c1-33-24-16-17-25(28(19-24)34-2)27-13-8-18-30(27)20-23-15-14-21-9-6-7-12-26(21)31(23)29(32)22-10-4-3-5-11-22/h6-7,9,12,16-17,19,22-23,27H,3-5,8,10-11,13-15,18,20H2,1-2H3. The minimum absolute atomic E-state index is 0.179. The molecular weight excluding hydrogens is 424 g/mol. The summed E-state index contributed by atoms with van der Waals surface area (Å²) in [5.41, 5.74) is 3.69. The average molecular weight is 463 g/mol. The Balaban J connectivity index is 1.41. The third kappa shape index (κ3) is 4.55. The van der Waals surface area contributed by atoms with Gasteiger partial charge in [-0.15, -0.1) is 0 Å². The van der Waals surface area contributed by atoms with E-state index in [2.05, 4.69) is 40.1 Å². The van der Waals surface area contributed by atoms with Crippen molar-refractivity contribution in [3.8, 4) is 11.5 Å². The van der Waals surface area contributed by atoms with Crippen LogP contribution in [0, 0.1) is 5.92 Å². The Hall–Kier alpha value is -2.53. The number of hydrogen-bond acceptors (Lipinski definition) is 4. The van der Waals surface area contributed by atoms with Crippen LogP contribution in [0.4, 0.5) is 5.69 Å². The molecule has 0 spiro atoms. The number of rotatable bonds is 6. The first-order valence-corrected chi connectivity index (χ1v) is 13.1. The number of para-hydroxylation sites is 1. The lowest BCUT2D eigenvalue weighted by atomic mass is 9.86. The van der Waals surface area contributed by atoms with E-state index in [9.17, 15) is 4.79 Å². The van der Waals surface area contributed by atoms with Crippen molar-refractivity contribution >= 4 is 11.6 Å². The summed E-state index contributed by atoms with van der Waals surface area (Å²) in [6.07, 6.45) is 10.1. The van der Waals surface area contributed by atoms with Crippen LogP contribution in [0.3, 0.4) is 0 Å². The summed E-state index contributed by atoms with van der Waals surface area (Å²) in [7, 11) is 3.43. The molecule has 2 unspecified atom stereocenters. The number of carbonyl (C=O) groups is 1. The Morgan fingerprint density at radius 3 is 2.56 bits per heavy atom. The number of amides is 1. The molecule has 1 saturated heterocycles. The number of anilines is 1. The highest BCUT2D eigenvalue weighted by Crippen LogP contribution is 2.41. The molecule has 0 bridgehead atoms. The number of ether oxygens (including phenoxy) is 2. The van der Waals surface area contributed by atoms with E-state index in [1.54, 1.807) is 14.2 Å². The van der Waals surface area contributed by atoms with E-state index < -0.39 is 0 Å². The minimum Gasteiger partial charge on any atom is -0.497 e. The summed E-state index contributed by atoms with van der Waals surface area (Å²) in [4.78, 5) is 18.7. The van der Waals surface area contributed by atoms with Gasteiger partial charge >= 0.3 is 0 Å². The highest BCUT2D eigenvalue weighted by Gasteiger charge is 2.38. The van der Waals surface area contributed by atoms with Crippen LogP contribution >= 0.6 is 0 Å². The van der Waals surface area contributed by atoms with Crippen LogP contribution in [0.5, 0.6) is 11.5 Å². The Kier molecular flexibility index (Phi) is 7.10. The van der Waals surface area contributed by atoms with E-state index in [4.69, 9.17) is 9.47 Å². The van der Waals surface area contributed by atoms with E-state index >= 15 is 0 Å². The third-order valence-electron chi connectivity index (χ3n) is 8.16. The Labute approximate surface area is 204 Å². The molecule has 0 radical (unpaired) electrons. The Bertz CT molecular complexity index is 1000. The molecule has 2 atom stereocenters. The first-order valence-electron chi connectivity index (χ1n) is 13.1. The Morgan fingerprint density at radius 1 is 0.941 bits per heavy atom. The highest BCUT2D eigenvalue weighted by atomic mass is 16.5. The van der Waals surface area contributed by atoms with Gasteiger partial charge in [-0.25, -0.2) is 0 Å². The van der Waals surface area contributed by atoms with Gasteiger partial charge in [0.2, 0.25) is 5.91 Å². The lowest BCUT2D eigenvalue weighted by molar-refractivity contribution is -0.124. The average Bonchev–Trinajstić information content (AvgIpc) is 3.36. The first-order chi connectivity index (χ1) is 16.7. The largest absolute Gasteiger partial charge is 0.497 e. The number of fused-ring (bicyclic) bond motifs is 1. The molecule has 2 heterocycles. The van der Waals surface area contributed by atoms with Crippen molar-refractivity contribution < 1.29 is 14.3 Å². The molecule has 0 N–H and O–H groups in total. The van der Waals surface area contributed by atoms with Crippen LogP contribution in [0.25, 0.3) is 0 Å². The highest BCUT2D eigenvalue weighted by molar-refractivity contribution is 5.97. The summed E-state index contributed by atoms with van der Waals surface area (Å²) in [5.74, 6) is 2.24. The maximum absolute atomic E-state index is 13.9. The normalized spacial score (nSPS) is 23.5. The van der Waals surface area contributed by atoms with Gasteiger partial charge < -0.3 is 14.4 Å². The van der Waals surface area contributed by atoms with Gasteiger partial charge in [-0.3, -0.25) is 9.69 Å². The Morgan fingerprint density at radius 2 is 1.76 bits per heavy atom. The smallest absolute Gasteiger partial charge is 0.230 e. The number of benzene rings is 2. The maximum Gasteiger partial charge on any atom is 0.230 e. The van der Waals surface area contributed by atoms with Crippen molar-refractivity contribution in [1.29, 1.82) is 0 Å². The first kappa shape index (κ1) is 23.2. The molecule has 2 aromatic rings. The van der Waals surface area contributed by atoms with Crippen molar-refractivity contribution in [1.82, 2.24) is 4.90 Å². The van der Waals surface area contributed by atoms with E-state index in [0.29, 0.717) is 11.9 Å². The predicted molar refractivity (Wildman–Crippen MR) is 136 cm³/mol. The summed E-state index contributed by atoms with van der Waals surface area (Å²) >= 11 is 0. The van der Waals surface area contributed by atoms with E-state index in [1.807, 2.05) is 12.1 Å². The molecule has 34 heavy (non-hydrogen) atoms. The fourth-order valence-electron chi connectivity index (χ4n) is 6.38. The number of likely N-dealkylation sites (tertiary alicyclic amines) is 1.